The van der Waals surface area contributed by atoms with Crippen LogP contribution in [0.1, 0.15) is 11.7 Å². The molecule has 3 rings (SSSR count). The van der Waals surface area contributed by atoms with Gasteiger partial charge < -0.3 is 9.64 Å². The van der Waals surface area contributed by atoms with Crippen LogP contribution in [-0.2, 0) is 19.6 Å². The smallest absolute Gasteiger partial charge is 0.241 e. The lowest BCUT2D eigenvalue weighted by atomic mass is 10.1. The van der Waals surface area contributed by atoms with Gasteiger partial charge in [-0.1, -0.05) is 41.9 Å². The summed E-state index contributed by atoms with van der Waals surface area (Å²) >= 11 is 5.77. The predicted octanol–water partition coefficient (Wildman–Crippen LogP) is 2.22. The van der Waals surface area contributed by atoms with Crippen molar-refractivity contribution in [2.75, 3.05) is 26.2 Å². The molecule has 1 heterocycles. The monoisotopic (exact) mass is 394 g/mol. The van der Waals surface area contributed by atoms with Crippen molar-refractivity contribution in [3.05, 3.63) is 65.2 Å². The molecule has 0 unspecified atom stereocenters. The number of benzene rings is 2. The topological polar surface area (TPSA) is 75.7 Å². The highest BCUT2D eigenvalue weighted by molar-refractivity contribution is 7.89. The van der Waals surface area contributed by atoms with Gasteiger partial charge in [0.15, 0.2) is 0 Å². The molecule has 1 atom stereocenters. The fourth-order valence-corrected chi connectivity index (χ4v) is 3.81. The summed E-state index contributed by atoms with van der Waals surface area (Å²) in [6.45, 7) is 0.943. The molecule has 138 valence electrons. The average Bonchev–Trinajstić information content (AvgIpc) is 2.67. The summed E-state index contributed by atoms with van der Waals surface area (Å²) in [5, 5.41) is 0.445. The lowest BCUT2D eigenvalue weighted by Gasteiger charge is -2.33. The Kier molecular flexibility index (Phi) is 5.93. The third-order valence-electron chi connectivity index (χ3n) is 4.13. The number of carbonyl (C=O) groups is 1. The van der Waals surface area contributed by atoms with Crippen molar-refractivity contribution in [1.82, 2.24) is 9.62 Å². The lowest BCUT2D eigenvalue weighted by molar-refractivity contribution is -0.137. The van der Waals surface area contributed by atoms with E-state index in [1.165, 1.54) is 24.3 Å². The van der Waals surface area contributed by atoms with E-state index in [9.17, 15) is 13.2 Å². The molecular formula is C18H19ClN2O4S. The number of hydrogen-bond donors (Lipinski definition) is 1. The van der Waals surface area contributed by atoms with Crippen molar-refractivity contribution in [2.24, 2.45) is 0 Å². The first-order valence-electron chi connectivity index (χ1n) is 8.15. The SMILES string of the molecule is O=C(CNS(=O)(=O)c1ccc(Cl)cc1)N1CCO[C@@H](c2ccccc2)C1. The number of halogens is 1. The predicted molar refractivity (Wildman–Crippen MR) is 98.4 cm³/mol. The van der Waals surface area contributed by atoms with Gasteiger partial charge >= 0.3 is 0 Å². The van der Waals surface area contributed by atoms with Crippen molar-refractivity contribution in [3.8, 4) is 0 Å². The molecule has 1 N–H and O–H groups in total. The number of sulfonamides is 1. The molecule has 0 bridgehead atoms. The first kappa shape index (κ1) is 18.8. The number of morpholine rings is 1. The van der Waals surface area contributed by atoms with E-state index in [1.807, 2.05) is 30.3 Å². The maximum absolute atomic E-state index is 12.4. The highest BCUT2D eigenvalue weighted by Gasteiger charge is 2.26. The number of ether oxygens (including phenoxy) is 1. The maximum atomic E-state index is 12.4. The standard InChI is InChI=1S/C18H19ClN2O4S/c19-15-6-8-16(9-7-15)26(23,24)20-12-18(22)21-10-11-25-17(13-21)14-4-2-1-3-5-14/h1-9,17,20H,10-13H2/t17-/m1/s1. The molecule has 8 heteroatoms. The number of carbonyl (C=O) groups excluding carboxylic acids is 1. The molecule has 0 radical (unpaired) electrons. The van der Waals surface area contributed by atoms with Crippen LogP contribution in [0.3, 0.4) is 0 Å². The van der Waals surface area contributed by atoms with Crippen molar-refractivity contribution >= 4 is 27.5 Å². The Balaban J connectivity index is 1.60. The molecule has 0 aromatic heterocycles. The summed E-state index contributed by atoms with van der Waals surface area (Å²) < 4.78 is 32.6. The minimum absolute atomic E-state index is 0.0684. The molecule has 6 nitrogen and oxygen atoms in total. The fraction of sp³-hybridized carbons (Fsp3) is 0.278. The minimum Gasteiger partial charge on any atom is -0.370 e. The Morgan fingerprint density at radius 1 is 1.15 bits per heavy atom. The highest BCUT2D eigenvalue weighted by atomic mass is 35.5. The van der Waals surface area contributed by atoms with Gasteiger partial charge in [0, 0.05) is 11.6 Å². The Morgan fingerprint density at radius 2 is 1.85 bits per heavy atom. The molecule has 2 aromatic carbocycles. The summed E-state index contributed by atoms with van der Waals surface area (Å²) in [5.74, 6) is -0.285. The molecule has 0 saturated carbocycles. The van der Waals surface area contributed by atoms with Gasteiger partial charge in [0.25, 0.3) is 0 Å². The second-order valence-electron chi connectivity index (χ2n) is 5.89. The van der Waals surface area contributed by atoms with E-state index in [1.54, 1.807) is 4.90 Å². The molecule has 1 aliphatic heterocycles. The van der Waals surface area contributed by atoms with Gasteiger partial charge in [0.2, 0.25) is 15.9 Å². The molecule has 1 aliphatic rings. The second kappa shape index (κ2) is 8.18. The van der Waals surface area contributed by atoms with Crippen LogP contribution in [0.2, 0.25) is 5.02 Å². The Hall–Kier alpha value is -1.93. The van der Waals surface area contributed by atoms with Gasteiger partial charge in [0.1, 0.15) is 6.10 Å². The summed E-state index contributed by atoms with van der Waals surface area (Å²) in [4.78, 5) is 14.1. The summed E-state index contributed by atoms with van der Waals surface area (Å²) in [7, 11) is -3.76. The molecular weight excluding hydrogens is 376 g/mol. The Morgan fingerprint density at radius 3 is 2.54 bits per heavy atom. The average molecular weight is 395 g/mol. The van der Waals surface area contributed by atoms with Gasteiger partial charge in [-0.3, -0.25) is 4.79 Å². The van der Waals surface area contributed by atoms with E-state index >= 15 is 0 Å². The number of nitrogens with one attached hydrogen (secondary N) is 1. The molecule has 0 aliphatic carbocycles. The third kappa shape index (κ3) is 4.62. The number of hydrogen-bond acceptors (Lipinski definition) is 4. The first-order valence-corrected chi connectivity index (χ1v) is 10.0. The largest absolute Gasteiger partial charge is 0.370 e. The van der Waals surface area contributed by atoms with Crippen molar-refractivity contribution < 1.29 is 17.9 Å². The van der Waals surface area contributed by atoms with Gasteiger partial charge in [-0.15, -0.1) is 0 Å². The van der Waals surface area contributed by atoms with E-state index < -0.39 is 10.0 Å². The molecule has 1 amide bonds. The Labute approximate surface area is 157 Å². The van der Waals surface area contributed by atoms with Crippen LogP contribution in [0.15, 0.2) is 59.5 Å². The van der Waals surface area contributed by atoms with Crippen LogP contribution in [0.5, 0.6) is 0 Å². The zero-order valence-corrected chi connectivity index (χ0v) is 15.5. The van der Waals surface area contributed by atoms with Gasteiger partial charge in [-0.25, -0.2) is 13.1 Å². The van der Waals surface area contributed by atoms with E-state index in [0.717, 1.165) is 5.56 Å². The van der Waals surface area contributed by atoms with Crippen molar-refractivity contribution in [3.63, 3.8) is 0 Å². The normalized spacial score (nSPS) is 17.9. The van der Waals surface area contributed by atoms with Crippen LogP contribution >= 0.6 is 11.6 Å². The molecule has 2 aromatic rings. The Bertz CT molecular complexity index is 857. The van der Waals surface area contributed by atoms with Crippen LogP contribution < -0.4 is 4.72 Å². The zero-order chi connectivity index (χ0) is 18.6. The van der Waals surface area contributed by atoms with E-state index in [0.29, 0.717) is 24.7 Å². The number of amides is 1. The van der Waals surface area contributed by atoms with E-state index in [4.69, 9.17) is 16.3 Å². The van der Waals surface area contributed by atoms with Crippen LogP contribution in [0.4, 0.5) is 0 Å². The number of rotatable bonds is 5. The van der Waals surface area contributed by atoms with E-state index in [-0.39, 0.29) is 23.5 Å². The van der Waals surface area contributed by atoms with Crippen molar-refractivity contribution in [2.45, 2.75) is 11.0 Å². The summed E-state index contributed by atoms with van der Waals surface area (Å²) in [6, 6.07) is 15.4. The maximum Gasteiger partial charge on any atom is 0.241 e. The summed E-state index contributed by atoms with van der Waals surface area (Å²) in [5.41, 5.74) is 0.992. The van der Waals surface area contributed by atoms with Gasteiger partial charge in [0.05, 0.1) is 24.6 Å². The zero-order valence-electron chi connectivity index (χ0n) is 14.0. The van der Waals surface area contributed by atoms with E-state index in [2.05, 4.69) is 4.72 Å². The molecule has 0 spiro atoms. The van der Waals surface area contributed by atoms with Gasteiger partial charge in [-0.05, 0) is 29.8 Å². The minimum atomic E-state index is -3.76. The molecule has 1 saturated heterocycles. The van der Waals surface area contributed by atoms with Crippen molar-refractivity contribution in [1.29, 1.82) is 0 Å². The lowest BCUT2D eigenvalue weighted by Crippen LogP contribution is -2.46. The summed E-state index contributed by atoms with van der Waals surface area (Å²) in [6.07, 6.45) is -0.207. The highest BCUT2D eigenvalue weighted by Crippen LogP contribution is 2.22. The molecule has 26 heavy (non-hydrogen) atoms. The quantitative estimate of drug-likeness (QED) is 0.843. The fourth-order valence-electron chi connectivity index (χ4n) is 2.71. The van der Waals surface area contributed by atoms with Crippen LogP contribution in [0.25, 0.3) is 0 Å². The number of nitrogens with zero attached hydrogens (tertiary/aromatic N) is 1. The van der Waals surface area contributed by atoms with Crippen LogP contribution in [0, 0.1) is 0 Å². The second-order valence-corrected chi connectivity index (χ2v) is 8.09. The van der Waals surface area contributed by atoms with Crippen LogP contribution in [-0.4, -0.2) is 45.5 Å². The first-order chi connectivity index (χ1) is 12.5. The third-order valence-corrected chi connectivity index (χ3v) is 5.80. The molecule has 1 fully saturated rings. The van der Waals surface area contributed by atoms with Gasteiger partial charge in [-0.2, -0.15) is 0 Å².